The Labute approximate surface area is 136 Å². The minimum Gasteiger partial charge on any atom is -0.495 e. The van der Waals surface area contributed by atoms with E-state index in [-0.39, 0.29) is 0 Å². The molecule has 0 aromatic heterocycles. The van der Waals surface area contributed by atoms with E-state index in [0.717, 1.165) is 0 Å². The first-order chi connectivity index (χ1) is 10.2. The van der Waals surface area contributed by atoms with Gasteiger partial charge in [-0.3, -0.25) is 0 Å². The van der Waals surface area contributed by atoms with E-state index in [2.05, 4.69) is 17.2 Å². The molecule has 0 aliphatic carbocycles. The Hall–Kier alpha value is -2.06. The molecule has 120 valence electrons. The van der Waals surface area contributed by atoms with Crippen molar-refractivity contribution in [1.29, 1.82) is 0 Å². The van der Waals surface area contributed by atoms with Crippen LogP contribution in [0.1, 0.15) is 32.8 Å². The Morgan fingerprint density at radius 2 is 2.09 bits per heavy atom. The van der Waals surface area contributed by atoms with E-state index in [1.165, 1.54) is 7.11 Å². The third kappa shape index (κ3) is 6.15. The lowest BCUT2D eigenvalue weighted by Gasteiger charge is -2.19. The molecule has 0 radical (unpaired) electrons. The molecule has 3 N–H and O–H groups in total. The molecule has 1 aromatic carbocycles. The smallest absolute Gasteiger partial charge is 0.407 e. The molecule has 6 heteroatoms. The molecule has 0 unspecified atom stereocenters. The fraction of sp³-hybridized carbons (Fsp3) is 0.438. The number of alkyl carbamates (subject to hydrolysis) is 1. The van der Waals surface area contributed by atoms with Gasteiger partial charge in [0.15, 0.2) is 0 Å². The molecular weight excluding hydrogens is 304 g/mol. The molecule has 0 fully saturated rings. The van der Waals surface area contributed by atoms with Gasteiger partial charge in [-0.1, -0.05) is 23.4 Å². The molecule has 1 aromatic rings. The lowest BCUT2D eigenvalue weighted by atomic mass is 10.2. The Balaban J connectivity index is 2.53. The van der Waals surface area contributed by atoms with Crippen LogP contribution in [0.3, 0.4) is 0 Å². The van der Waals surface area contributed by atoms with E-state index < -0.39 is 11.7 Å². The first-order valence-corrected chi connectivity index (χ1v) is 7.19. The van der Waals surface area contributed by atoms with Crippen LogP contribution in [-0.2, 0) is 4.74 Å². The summed E-state index contributed by atoms with van der Waals surface area (Å²) in [5.74, 6) is 6.39. The number of nitrogens with one attached hydrogen (secondary N) is 1. The number of amides is 1. The quantitative estimate of drug-likeness (QED) is 0.509. The van der Waals surface area contributed by atoms with E-state index >= 15 is 0 Å². The summed E-state index contributed by atoms with van der Waals surface area (Å²) in [5, 5.41) is 3.09. The van der Waals surface area contributed by atoms with E-state index in [4.69, 9.17) is 26.8 Å². The molecule has 22 heavy (non-hydrogen) atoms. The molecule has 1 rings (SSSR count). The van der Waals surface area contributed by atoms with Crippen LogP contribution in [0, 0.1) is 11.8 Å². The van der Waals surface area contributed by atoms with Crippen molar-refractivity contribution in [2.75, 3.05) is 19.4 Å². The molecule has 5 nitrogen and oxygen atoms in total. The molecular formula is C16H21ClN2O3. The highest BCUT2D eigenvalue weighted by Gasteiger charge is 2.15. The molecule has 0 saturated heterocycles. The maximum atomic E-state index is 11.4. The number of nitrogen functional groups attached to an aromatic ring is 1. The van der Waals surface area contributed by atoms with E-state index in [1.807, 2.05) is 20.8 Å². The van der Waals surface area contributed by atoms with E-state index in [1.54, 1.807) is 12.1 Å². The van der Waals surface area contributed by atoms with Crippen LogP contribution in [0.15, 0.2) is 12.1 Å². The summed E-state index contributed by atoms with van der Waals surface area (Å²) in [4.78, 5) is 11.4. The number of carbonyl (C=O) groups is 1. The van der Waals surface area contributed by atoms with Crippen molar-refractivity contribution in [3.05, 3.63) is 22.7 Å². The lowest BCUT2D eigenvalue weighted by Crippen LogP contribution is -2.32. The first kappa shape index (κ1) is 18.0. The van der Waals surface area contributed by atoms with Gasteiger partial charge in [0.05, 0.1) is 17.8 Å². The second-order valence-corrected chi connectivity index (χ2v) is 5.96. The number of ether oxygens (including phenoxy) is 2. The number of benzene rings is 1. The van der Waals surface area contributed by atoms with Crippen molar-refractivity contribution in [2.24, 2.45) is 0 Å². The van der Waals surface area contributed by atoms with Crippen LogP contribution in [0.5, 0.6) is 5.75 Å². The van der Waals surface area contributed by atoms with Gasteiger partial charge in [-0.2, -0.15) is 0 Å². The van der Waals surface area contributed by atoms with Gasteiger partial charge >= 0.3 is 6.09 Å². The number of anilines is 1. The van der Waals surface area contributed by atoms with Crippen LogP contribution >= 0.6 is 11.6 Å². The Morgan fingerprint density at radius 1 is 1.41 bits per heavy atom. The number of methoxy groups -OCH3 is 1. The van der Waals surface area contributed by atoms with Gasteiger partial charge in [0.2, 0.25) is 0 Å². The van der Waals surface area contributed by atoms with Crippen molar-refractivity contribution in [1.82, 2.24) is 5.32 Å². The van der Waals surface area contributed by atoms with Gasteiger partial charge in [0, 0.05) is 18.5 Å². The van der Waals surface area contributed by atoms with Crippen LogP contribution in [-0.4, -0.2) is 25.3 Å². The largest absolute Gasteiger partial charge is 0.495 e. The van der Waals surface area contributed by atoms with Gasteiger partial charge in [0.25, 0.3) is 0 Å². The summed E-state index contributed by atoms with van der Waals surface area (Å²) in [7, 11) is 1.53. The number of carbonyl (C=O) groups excluding carboxylic acids is 1. The van der Waals surface area contributed by atoms with Crippen LogP contribution in [0.4, 0.5) is 10.5 Å². The lowest BCUT2D eigenvalue weighted by molar-refractivity contribution is 0.0529. The van der Waals surface area contributed by atoms with Crippen molar-refractivity contribution < 1.29 is 14.3 Å². The van der Waals surface area contributed by atoms with Gasteiger partial charge in [-0.25, -0.2) is 4.79 Å². The van der Waals surface area contributed by atoms with Crippen molar-refractivity contribution in [2.45, 2.75) is 32.8 Å². The zero-order valence-electron chi connectivity index (χ0n) is 13.2. The highest BCUT2D eigenvalue weighted by molar-refractivity contribution is 6.32. The Morgan fingerprint density at radius 3 is 2.68 bits per heavy atom. The fourth-order valence-electron chi connectivity index (χ4n) is 1.54. The summed E-state index contributed by atoms with van der Waals surface area (Å²) in [6.45, 7) is 5.82. The van der Waals surface area contributed by atoms with Gasteiger partial charge in [-0.05, 0) is 32.9 Å². The fourth-order valence-corrected chi connectivity index (χ4v) is 1.76. The minimum atomic E-state index is -0.510. The normalized spacial score (nSPS) is 10.4. The molecule has 1 amide bonds. The second-order valence-electron chi connectivity index (χ2n) is 5.55. The van der Waals surface area contributed by atoms with Gasteiger partial charge in [-0.15, -0.1) is 0 Å². The second kappa shape index (κ2) is 7.81. The zero-order valence-corrected chi connectivity index (χ0v) is 14.0. The summed E-state index contributed by atoms with van der Waals surface area (Å²) in [6.07, 6.45) is 0.0175. The van der Waals surface area contributed by atoms with Crippen molar-refractivity contribution in [3.8, 4) is 17.6 Å². The average Bonchev–Trinajstić information content (AvgIpc) is 2.38. The molecule has 0 aliphatic rings. The Kier molecular flexibility index (Phi) is 6.39. The topological polar surface area (TPSA) is 73.6 Å². The third-order valence-corrected chi connectivity index (χ3v) is 2.77. The predicted molar refractivity (Wildman–Crippen MR) is 88.1 cm³/mol. The summed E-state index contributed by atoms with van der Waals surface area (Å²) < 4.78 is 10.2. The minimum absolute atomic E-state index is 0.394. The number of halogens is 1. The van der Waals surface area contributed by atoms with E-state index in [0.29, 0.717) is 35.0 Å². The van der Waals surface area contributed by atoms with Gasteiger partial charge in [0.1, 0.15) is 11.4 Å². The zero-order chi connectivity index (χ0) is 16.8. The van der Waals surface area contributed by atoms with Gasteiger partial charge < -0.3 is 20.5 Å². The monoisotopic (exact) mass is 324 g/mol. The number of nitrogens with two attached hydrogens (primary N) is 1. The number of hydrogen-bond donors (Lipinski definition) is 2. The Bertz CT molecular complexity index is 598. The molecule has 0 heterocycles. The van der Waals surface area contributed by atoms with E-state index in [9.17, 15) is 4.79 Å². The number of rotatable bonds is 3. The van der Waals surface area contributed by atoms with Crippen molar-refractivity contribution in [3.63, 3.8) is 0 Å². The van der Waals surface area contributed by atoms with Crippen LogP contribution < -0.4 is 15.8 Å². The SMILES string of the molecule is COc1cc(C#CCCNC(=O)OC(C)(C)C)c(Cl)cc1N. The molecule has 0 atom stereocenters. The molecule has 0 saturated carbocycles. The summed E-state index contributed by atoms with van der Waals surface area (Å²) in [5.41, 5.74) is 6.32. The maximum absolute atomic E-state index is 11.4. The predicted octanol–water partition coefficient (Wildman–Crippen LogP) is 3.20. The highest BCUT2D eigenvalue weighted by atomic mass is 35.5. The standard InChI is InChI=1S/C16H21ClN2O3/c1-16(2,3)22-15(20)19-8-6-5-7-11-9-14(21-4)13(18)10-12(11)17/h9-10H,6,8,18H2,1-4H3,(H,19,20). The molecule has 0 aliphatic heterocycles. The average molecular weight is 325 g/mol. The summed E-state index contributed by atoms with van der Waals surface area (Å²) >= 11 is 6.07. The summed E-state index contributed by atoms with van der Waals surface area (Å²) in [6, 6.07) is 3.29. The maximum Gasteiger partial charge on any atom is 0.407 e. The van der Waals surface area contributed by atoms with Crippen molar-refractivity contribution >= 4 is 23.4 Å². The third-order valence-electron chi connectivity index (χ3n) is 2.46. The first-order valence-electron chi connectivity index (χ1n) is 6.81. The van der Waals surface area contributed by atoms with Crippen LogP contribution in [0.2, 0.25) is 5.02 Å². The molecule has 0 bridgehead atoms. The molecule has 0 spiro atoms. The highest BCUT2D eigenvalue weighted by Crippen LogP contribution is 2.28. The number of hydrogen-bond acceptors (Lipinski definition) is 4. The van der Waals surface area contributed by atoms with Crippen LogP contribution in [0.25, 0.3) is 0 Å².